The van der Waals surface area contributed by atoms with E-state index in [9.17, 15) is 5.11 Å². The fourth-order valence-corrected chi connectivity index (χ4v) is 2.65. The summed E-state index contributed by atoms with van der Waals surface area (Å²) in [7, 11) is 1.91. The Morgan fingerprint density at radius 3 is 2.79 bits per heavy atom. The second-order valence-electron chi connectivity index (χ2n) is 4.92. The van der Waals surface area contributed by atoms with Gasteiger partial charge in [-0.1, -0.05) is 35.0 Å². The summed E-state index contributed by atoms with van der Waals surface area (Å²) in [6, 6.07) is 7.91. The van der Waals surface area contributed by atoms with Crippen molar-refractivity contribution in [3.8, 4) is 0 Å². The standard InChI is InChI=1S/C15H19BrN2O/c1-3-15(19,13-5-4-6-14(16)9-13)8-7-12-10-17-18(2)11-12/h4-6,9-11,19H,3,7-8H2,1-2H3. The fourth-order valence-electron chi connectivity index (χ4n) is 2.26. The number of aromatic nitrogens is 2. The molecule has 0 saturated heterocycles. The molecule has 3 nitrogen and oxygen atoms in total. The normalized spacial score (nSPS) is 14.3. The van der Waals surface area contributed by atoms with Crippen molar-refractivity contribution in [2.45, 2.75) is 31.8 Å². The first-order chi connectivity index (χ1) is 9.03. The van der Waals surface area contributed by atoms with E-state index in [4.69, 9.17) is 0 Å². The third-order valence-electron chi connectivity index (χ3n) is 3.53. The Kier molecular flexibility index (Phi) is 4.42. The van der Waals surface area contributed by atoms with Crippen molar-refractivity contribution in [2.24, 2.45) is 7.05 Å². The van der Waals surface area contributed by atoms with Gasteiger partial charge in [-0.2, -0.15) is 5.10 Å². The maximum Gasteiger partial charge on any atom is 0.0897 e. The first-order valence-corrected chi connectivity index (χ1v) is 7.29. The Morgan fingerprint density at radius 1 is 1.42 bits per heavy atom. The second-order valence-corrected chi connectivity index (χ2v) is 5.83. The Balaban J connectivity index is 2.13. The number of aliphatic hydroxyl groups is 1. The quantitative estimate of drug-likeness (QED) is 0.916. The number of benzene rings is 1. The zero-order valence-corrected chi connectivity index (χ0v) is 12.9. The highest BCUT2D eigenvalue weighted by Gasteiger charge is 2.27. The molecule has 0 aliphatic carbocycles. The minimum atomic E-state index is -0.778. The van der Waals surface area contributed by atoms with E-state index in [1.807, 2.05) is 50.6 Å². The first kappa shape index (κ1) is 14.3. The molecule has 0 amide bonds. The van der Waals surface area contributed by atoms with Crippen LogP contribution in [0.2, 0.25) is 0 Å². The van der Waals surface area contributed by atoms with Crippen LogP contribution in [0.4, 0.5) is 0 Å². The smallest absolute Gasteiger partial charge is 0.0897 e. The number of hydrogen-bond acceptors (Lipinski definition) is 2. The van der Waals surface area contributed by atoms with Crippen LogP contribution in [0, 0.1) is 0 Å². The van der Waals surface area contributed by atoms with Gasteiger partial charge in [0.1, 0.15) is 0 Å². The molecule has 0 aliphatic rings. The van der Waals surface area contributed by atoms with Crippen molar-refractivity contribution >= 4 is 15.9 Å². The summed E-state index contributed by atoms with van der Waals surface area (Å²) in [5.74, 6) is 0. The molecule has 0 spiro atoms. The van der Waals surface area contributed by atoms with E-state index in [1.54, 1.807) is 4.68 Å². The molecule has 19 heavy (non-hydrogen) atoms. The van der Waals surface area contributed by atoms with Crippen LogP contribution >= 0.6 is 15.9 Å². The fraction of sp³-hybridized carbons (Fsp3) is 0.400. The predicted molar refractivity (Wildman–Crippen MR) is 79.9 cm³/mol. The van der Waals surface area contributed by atoms with Gasteiger partial charge in [0.05, 0.1) is 11.8 Å². The zero-order valence-electron chi connectivity index (χ0n) is 11.3. The number of aryl methyl sites for hydroxylation is 2. The van der Waals surface area contributed by atoms with E-state index in [1.165, 1.54) is 0 Å². The molecule has 0 bridgehead atoms. The van der Waals surface area contributed by atoms with E-state index in [0.717, 1.165) is 22.0 Å². The zero-order chi connectivity index (χ0) is 13.9. The maximum atomic E-state index is 10.8. The van der Waals surface area contributed by atoms with E-state index in [0.29, 0.717) is 12.8 Å². The van der Waals surface area contributed by atoms with Gasteiger partial charge in [0, 0.05) is 17.7 Å². The third-order valence-corrected chi connectivity index (χ3v) is 4.03. The molecule has 1 atom stereocenters. The molecule has 0 saturated carbocycles. The Bertz CT molecular complexity index is 553. The van der Waals surface area contributed by atoms with Crippen molar-refractivity contribution in [2.75, 3.05) is 0 Å². The number of hydrogen-bond donors (Lipinski definition) is 1. The Hall–Kier alpha value is -1.13. The highest BCUT2D eigenvalue weighted by molar-refractivity contribution is 9.10. The Labute approximate surface area is 122 Å². The SMILES string of the molecule is CCC(O)(CCc1cnn(C)c1)c1cccc(Br)c1. The molecule has 1 unspecified atom stereocenters. The average Bonchev–Trinajstić information content (AvgIpc) is 2.82. The molecule has 1 heterocycles. The summed E-state index contributed by atoms with van der Waals surface area (Å²) in [6.07, 6.45) is 6.08. The lowest BCUT2D eigenvalue weighted by Crippen LogP contribution is -2.25. The van der Waals surface area contributed by atoms with Crippen LogP contribution in [-0.2, 0) is 19.1 Å². The van der Waals surface area contributed by atoms with Gasteiger partial charge in [0.2, 0.25) is 0 Å². The van der Waals surface area contributed by atoms with Gasteiger partial charge in [0.25, 0.3) is 0 Å². The number of nitrogens with zero attached hydrogens (tertiary/aromatic N) is 2. The van der Waals surface area contributed by atoms with Gasteiger partial charge in [-0.25, -0.2) is 0 Å². The molecular formula is C15H19BrN2O. The van der Waals surface area contributed by atoms with Crippen LogP contribution in [0.1, 0.15) is 30.9 Å². The van der Waals surface area contributed by atoms with Crippen molar-refractivity contribution in [1.82, 2.24) is 9.78 Å². The van der Waals surface area contributed by atoms with Crippen LogP contribution in [-0.4, -0.2) is 14.9 Å². The molecule has 1 aromatic carbocycles. The lowest BCUT2D eigenvalue weighted by molar-refractivity contribution is 0.0236. The summed E-state index contributed by atoms with van der Waals surface area (Å²) in [6.45, 7) is 2.02. The molecule has 0 fully saturated rings. The van der Waals surface area contributed by atoms with Gasteiger partial charge < -0.3 is 5.11 Å². The van der Waals surface area contributed by atoms with Gasteiger partial charge >= 0.3 is 0 Å². The lowest BCUT2D eigenvalue weighted by Gasteiger charge is -2.27. The molecule has 2 rings (SSSR count). The van der Waals surface area contributed by atoms with Crippen LogP contribution < -0.4 is 0 Å². The summed E-state index contributed by atoms with van der Waals surface area (Å²) >= 11 is 3.46. The monoisotopic (exact) mass is 322 g/mol. The molecule has 4 heteroatoms. The maximum absolute atomic E-state index is 10.8. The average molecular weight is 323 g/mol. The highest BCUT2D eigenvalue weighted by atomic mass is 79.9. The van der Waals surface area contributed by atoms with Crippen molar-refractivity contribution in [1.29, 1.82) is 0 Å². The number of halogens is 1. The van der Waals surface area contributed by atoms with Crippen molar-refractivity contribution < 1.29 is 5.11 Å². The molecule has 0 radical (unpaired) electrons. The first-order valence-electron chi connectivity index (χ1n) is 6.49. The molecule has 102 valence electrons. The van der Waals surface area contributed by atoms with Gasteiger partial charge in [-0.05, 0) is 42.5 Å². The summed E-state index contributed by atoms with van der Waals surface area (Å²) < 4.78 is 2.79. The minimum Gasteiger partial charge on any atom is -0.385 e. The summed E-state index contributed by atoms with van der Waals surface area (Å²) in [5.41, 5.74) is 1.34. The number of rotatable bonds is 5. The lowest BCUT2D eigenvalue weighted by atomic mass is 9.86. The Morgan fingerprint density at radius 2 is 2.21 bits per heavy atom. The van der Waals surface area contributed by atoms with E-state index < -0.39 is 5.60 Å². The highest BCUT2D eigenvalue weighted by Crippen LogP contribution is 2.31. The van der Waals surface area contributed by atoms with Gasteiger partial charge in [0.15, 0.2) is 0 Å². The summed E-state index contributed by atoms with van der Waals surface area (Å²) in [4.78, 5) is 0. The molecule has 1 N–H and O–H groups in total. The topological polar surface area (TPSA) is 38.1 Å². The van der Waals surface area contributed by atoms with Crippen molar-refractivity contribution in [3.05, 3.63) is 52.3 Å². The molecule has 0 aliphatic heterocycles. The van der Waals surface area contributed by atoms with Crippen LogP contribution in [0.15, 0.2) is 41.1 Å². The van der Waals surface area contributed by atoms with Gasteiger partial charge in [-0.15, -0.1) is 0 Å². The van der Waals surface area contributed by atoms with E-state index in [2.05, 4.69) is 21.0 Å². The van der Waals surface area contributed by atoms with E-state index in [-0.39, 0.29) is 0 Å². The van der Waals surface area contributed by atoms with Gasteiger partial charge in [-0.3, -0.25) is 4.68 Å². The molecule has 1 aromatic heterocycles. The molecule has 2 aromatic rings. The second kappa shape index (κ2) is 5.88. The largest absolute Gasteiger partial charge is 0.385 e. The van der Waals surface area contributed by atoms with E-state index >= 15 is 0 Å². The third kappa shape index (κ3) is 3.45. The van der Waals surface area contributed by atoms with Crippen molar-refractivity contribution in [3.63, 3.8) is 0 Å². The summed E-state index contributed by atoms with van der Waals surface area (Å²) in [5, 5.41) is 15.0. The molecular weight excluding hydrogens is 304 g/mol. The predicted octanol–water partition coefficient (Wildman–Crippen LogP) is 3.41. The van der Waals surface area contributed by atoms with Crippen LogP contribution in [0.25, 0.3) is 0 Å². The minimum absolute atomic E-state index is 0.698. The van der Waals surface area contributed by atoms with Crippen LogP contribution in [0.5, 0.6) is 0 Å². The van der Waals surface area contributed by atoms with Crippen LogP contribution in [0.3, 0.4) is 0 Å².